The van der Waals surface area contributed by atoms with Crippen LogP contribution in [-0.2, 0) is 0 Å². The maximum absolute atomic E-state index is 3.52. The first-order chi connectivity index (χ1) is 7.49. The van der Waals surface area contributed by atoms with Gasteiger partial charge in [0.05, 0.1) is 0 Å². The van der Waals surface area contributed by atoms with Crippen molar-refractivity contribution in [2.75, 3.05) is 53.4 Å². The molecule has 16 heavy (non-hydrogen) atoms. The molecule has 4 nitrogen and oxygen atoms in total. The highest BCUT2D eigenvalue weighted by atomic mass is 15.2. The van der Waals surface area contributed by atoms with E-state index in [0.29, 0.717) is 0 Å². The van der Waals surface area contributed by atoms with Crippen LogP contribution in [0.25, 0.3) is 0 Å². The Kier molecular flexibility index (Phi) is 8.84. The zero-order valence-corrected chi connectivity index (χ0v) is 11.7. The molecule has 0 aliphatic carbocycles. The summed E-state index contributed by atoms with van der Waals surface area (Å²) in [5.74, 6) is 0. The van der Waals surface area contributed by atoms with E-state index < -0.39 is 0 Å². The quantitative estimate of drug-likeness (QED) is 0.526. The Bertz CT molecular complexity index is 146. The van der Waals surface area contributed by atoms with Gasteiger partial charge in [0.1, 0.15) is 0 Å². The van der Waals surface area contributed by atoms with Crippen molar-refractivity contribution in [3.8, 4) is 0 Å². The van der Waals surface area contributed by atoms with Crippen molar-refractivity contribution >= 4 is 0 Å². The highest BCUT2D eigenvalue weighted by molar-refractivity contribution is 4.71. The zero-order valence-electron chi connectivity index (χ0n) is 11.7. The molecule has 0 bridgehead atoms. The molecule has 98 valence electrons. The summed E-state index contributed by atoms with van der Waals surface area (Å²) in [6.45, 7) is 13.1. The average molecular weight is 230 g/mol. The predicted octanol–water partition coefficient (Wildman–Crippen LogP) is 0.115. The third-order valence-electron chi connectivity index (χ3n) is 2.44. The van der Waals surface area contributed by atoms with E-state index in [1.54, 1.807) is 0 Å². The van der Waals surface area contributed by atoms with E-state index >= 15 is 0 Å². The molecule has 0 heterocycles. The van der Waals surface area contributed by atoms with Gasteiger partial charge in [0.15, 0.2) is 0 Å². The number of nitrogens with one attached hydrogen (secondary N) is 3. The maximum Gasteiger partial charge on any atom is 0.0108 e. The molecule has 0 atom stereocenters. The fraction of sp³-hybridized carbons (Fsp3) is 1.00. The van der Waals surface area contributed by atoms with Crippen molar-refractivity contribution in [3.05, 3.63) is 0 Å². The van der Waals surface area contributed by atoms with Gasteiger partial charge in [0, 0.05) is 44.8 Å². The van der Waals surface area contributed by atoms with Crippen molar-refractivity contribution in [2.45, 2.75) is 26.3 Å². The second-order valence-electron chi connectivity index (χ2n) is 5.23. The molecule has 0 aromatic carbocycles. The summed E-state index contributed by atoms with van der Waals surface area (Å²) < 4.78 is 0. The molecule has 0 fully saturated rings. The van der Waals surface area contributed by atoms with Gasteiger partial charge in [-0.25, -0.2) is 0 Å². The van der Waals surface area contributed by atoms with Gasteiger partial charge in [-0.2, -0.15) is 0 Å². The zero-order chi connectivity index (χ0) is 12.4. The monoisotopic (exact) mass is 230 g/mol. The Balaban J connectivity index is 3.72. The largest absolute Gasteiger partial charge is 0.318 e. The van der Waals surface area contributed by atoms with Gasteiger partial charge in [-0.15, -0.1) is 0 Å². The lowest BCUT2D eigenvalue weighted by molar-refractivity contribution is 0.264. The molecule has 0 aromatic heterocycles. The molecule has 0 aliphatic rings. The summed E-state index contributed by atoms with van der Waals surface area (Å²) in [6.07, 6.45) is 0. The first-order valence-electron chi connectivity index (χ1n) is 6.26. The Hall–Kier alpha value is -0.160. The molecule has 0 aromatic rings. The van der Waals surface area contributed by atoms with Gasteiger partial charge in [-0.1, -0.05) is 0 Å². The van der Waals surface area contributed by atoms with Crippen molar-refractivity contribution in [1.29, 1.82) is 0 Å². The smallest absolute Gasteiger partial charge is 0.0108 e. The van der Waals surface area contributed by atoms with Crippen LogP contribution >= 0.6 is 0 Å². The van der Waals surface area contributed by atoms with Crippen LogP contribution in [0.3, 0.4) is 0 Å². The number of hydrogen-bond acceptors (Lipinski definition) is 4. The van der Waals surface area contributed by atoms with E-state index in [1.807, 2.05) is 14.1 Å². The third-order valence-corrected chi connectivity index (χ3v) is 2.44. The molecule has 0 radical (unpaired) electrons. The van der Waals surface area contributed by atoms with Crippen LogP contribution in [0.2, 0.25) is 0 Å². The third kappa shape index (κ3) is 10.4. The van der Waals surface area contributed by atoms with Crippen LogP contribution in [0.15, 0.2) is 0 Å². The van der Waals surface area contributed by atoms with Crippen LogP contribution in [-0.4, -0.2) is 63.8 Å². The molecule has 0 rings (SSSR count). The lowest BCUT2D eigenvalue weighted by atomic mass is 10.1. The minimum atomic E-state index is 0.220. The second-order valence-corrected chi connectivity index (χ2v) is 5.23. The lowest BCUT2D eigenvalue weighted by Crippen LogP contribution is -2.44. The highest BCUT2D eigenvalue weighted by Crippen LogP contribution is 1.97. The summed E-state index contributed by atoms with van der Waals surface area (Å²) in [5, 5.41) is 9.92. The normalized spacial score (nSPS) is 12.4. The molecule has 0 saturated carbocycles. The standard InChI is InChI=1S/C12H30N4/c1-12(2,3)15-8-11-16(9-6-13-4)10-7-14-5/h13-15H,6-11H2,1-5H3. The minimum Gasteiger partial charge on any atom is -0.318 e. The van der Waals surface area contributed by atoms with Crippen LogP contribution in [0.5, 0.6) is 0 Å². The molecule has 0 unspecified atom stereocenters. The maximum atomic E-state index is 3.52. The van der Waals surface area contributed by atoms with E-state index in [4.69, 9.17) is 0 Å². The van der Waals surface area contributed by atoms with Gasteiger partial charge in [0.2, 0.25) is 0 Å². The van der Waals surface area contributed by atoms with E-state index in [2.05, 4.69) is 41.6 Å². The van der Waals surface area contributed by atoms with Gasteiger partial charge >= 0.3 is 0 Å². The van der Waals surface area contributed by atoms with Crippen molar-refractivity contribution < 1.29 is 0 Å². The molecule has 4 heteroatoms. The van der Waals surface area contributed by atoms with Crippen molar-refractivity contribution in [3.63, 3.8) is 0 Å². The number of nitrogens with zero attached hydrogens (tertiary/aromatic N) is 1. The summed E-state index contributed by atoms with van der Waals surface area (Å²) >= 11 is 0. The van der Waals surface area contributed by atoms with E-state index in [-0.39, 0.29) is 5.54 Å². The molecule has 3 N–H and O–H groups in total. The summed E-state index contributed by atoms with van der Waals surface area (Å²) in [6, 6.07) is 0. The van der Waals surface area contributed by atoms with Crippen LogP contribution in [0, 0.1) is 0 Å². The van der Waals surface area contributed by atoms with Gasteiger partial charge < -0.3 is 16.0 Å². The SMILES string of the molecule is CNCCN(CCNC)CCNC(C)(C)C. The van der Waals surface area contributed by atoms with Crippen molar-refractivity contribution in [1.82, 2.24) is 20.9 Å². The van der Waals surface area contributed by atoms with Crippen LogP contribution < -0.4 is 16.0 Å². The van der Waals surface area contributed by atoms with Gasteiger partial charge in [-0.05, 0) is 34.9 Å². The Morgan fingerprint density at radius 3 is 1.62 bits per heavy atom. The lowest BCUT2D eigenvalue weighted by Gasteiger charge is -2.26. The molecular formula is C12H30N4. The average Bonchev–Trinajstić information content (AvgIpc) is 2.19. The van der Waals surface area contributed by atoms with Crippen LogP contribution in [0.1, 0.15) is 20.8 Å². The fourth-order valence-electron chi connectivity index (χ4n) is 1.46. The predicted molar refractivity (Wildman–Crippen MR) is 72.0 cm³/mol. The van der Waals surface area contributed by atoms with E-state index in [1.165, 1.54) is 0 Å². The first kappa shape index (κ1) is 15.8. The Morgan fingerprint density at radius 1 is 0.812 bits per heavy atom. The molecule has 0 amide bonds. The Labute approximate surface area is 101 Å². The molecule has 0 saturated heterocycles. The number of likely N-dealkylation sites (N-methyl/N-ethyl adjacent to an activating group) is 2. The summed E-state index contributed by atoms with van der Waals surface area (Å²) in [4.78, 5) is 2.48. The number of rotatable bonds is 9. The minimum absolute atomic E-state index is 0.220. The molecular weight excluding hydrogens is 200 g/mol. The fourth-order valence-corrected chi connectivity index (χ4v) is 1.46. The Morgan fingerprint density at radius 2 is 1.25 bits per heavy atom. The van der Waals surface area contributed by atoms with Crippen molar-refractivity contribution in [2.24, 2.45) is 0 Å². The molecule has 0 spiro atoms. The second kappa shape index (κ2) is 8.93. The van der Waals surface area contributed by atoms with Crippen LogP contribution in [0.4, 0.5) is 0 Å². The van der Waals surface area contributed by atoms with Gasteiger partial charge in [0.25, 0.3) is 0 Å². The van der Waals surface area contributed by atoms with E-state index in [0.717, 1.165) is 39.3 Å². The highest BCUT2D eigenvalue weighted by Gasteiger charge is 2.09. The summed E-state index contributed by atoms with van der Waals surface area (Å²) in [5.41, 5.74) is 0.220. The van der Waals surface area contributed by atoms with Gasteiger partial charge in [-0.3, -0.25) is 4.90 Å². The first-order valence-corrected chi connectivity index (χ1v) is 6.26. The number of hydrogen-bond donors (Lipinski definition) is 3. The topological polar surface area (TPSA) is 39.3 Å². The van der Waals surface area contributed by atoms with E-state index in [9.17, 15) is 0 Å². The summed E-state index contributed by atoms with van der Waals surface area (Å²) in [7, 11) is 4.01. The molecule has 0 aliphatic heterocycles.